The molecule has 0 bridgehead atoms. The molecule has 4 aromatic rings. The second-order valence-corrected chi connectivity index (χ2v) is 8.22. The number of rotatable bonds is 5. The van der Waals surface area contributed by atoms with Crippen molar-refractivity contribution < 1.29 is 27.8 Å². The van der Waals surface area contributed by atoms with Gasteiger partial charge in [0.25, 0.3) is 0 Å². The van der Waals surface area contributed by atoms with Gasteiger partial charge < -0.3 is 15.2 Å². The van der Waals surface area contributed by atoms with E-state index in [0.717, 1.165) is 5.39 Å². The first-order valence-electron chi connectivity index (χ1n) is 10.9. The van der Waals surface area contributed by atoms with Crippen molar-refractivity contribution >= 4 is 22.6 Å². The predicted octanol–water partition coefficient (Wildman–Crippen LogP) is 3.90. The normalized spacial score (nSPS) is 17.1. The summed E-state index contributed by atoms with van der Waals surface area (Å²) in [6, 6.07) is 8.42. The minimum atomic E-state index is -4.84. The van der Waals surface area contributed by atoms with E-state index in [-0.39, 0.29) is 17.9 Å². The van der Waals surface area contributed by atoms with Gasteiger partial charge in [0, 0.05) is 29.7 Å². The highest BCUT2D eigenvalue weighted by Gasteiger charge is 2.49. The van der Waals surface area contributed by atoms with Gasteiger partial charge >= 0.3 is 12.3 Å². The Morgan fingerprint density at radius 3 is 2.74 bits per heavy atom. The summed E-state index contributed by atoms with van der Waals surface area (Å²) in [6.45, 7) is 0.604. The molecular weight excluding hydrogens is 465 g/mol. The molecule has 0 aliphatic carbocycles. The molecule has 3 aromatic heterocycles. The van der Waals surface area contributed by atoms with Crippen LogP contribution in [-0.4, -0.2) is 68.1 Å². The molecule has 1 saturated heterocycles. The minimum Gasteiger partial charge on any atom is -0.494 e. The number of para-hydroxylation sites is 1. The Hall–Kier alpha value is -3.93. The fourth-order valence-electron chi connectivity index (χ4n) is 4.51. The Morgan fingerprint density at radius 2 is 2.06 bits per heavy atom. The fraction of sp³-hybridized carbons (Fsp3) is 0.304. The summed E-state index contributed by atoms with van der Waals surface area (Å²) in [7, 11) is 1.52. The Bertz CT molecular complexity index is 1400. The van der Waals surface area contributed by atoms with Crippen molar-refractivity contribution in [1.82, 2.24) is 29.8 Å². The molecule has 2 atom stereocenters. The van der Waals surface area contributed by atoms with Crippen molar-refractivity contribution in [3.63, 3.8) is 0 Å². The number of pyridine rings is 2. The van der Waals surface area contributed by atoms with Crippen molar-refractivity contribution in [3.8, 4) is 17.3 Å². The maximum Gasteiger partial charge on any atom is 0.413 e. The maximum atomic E-state index is 14.3. The molecule has 35 heavy (non-hydrogen) atoms. The molecule has 1 amide bonds. The summed E-state index contributed by atoms with van der Waals surface area (Å²) in [5.41, 5.74) is 1.01. The first-order valence-corrected chi connectivity index (χ1v) is 10.9. The standard InChI is InChI=1S/C23H21F3N6O3/c1-35-17-4-2-3-13-5-7-16(28-19(13)17)21-30-29-18-8-6-14(12-31(18)21)20(23(24,25)26)32(22(33)34)15-9-10-27-11-15/h2-8,12,15,20,27H,9-11H2,1H3,(H,33,34)/t15-,20?/m0/s1. The lowest BCUT2D eigenvalue weighted by atomic mass is 10.0. The minimum absolute atomic E-state index is 0.155. The molecule has 1 fully saturated rings. The number of carbonyl (C=O) groups is 1. The summed E-state index contributed by atoms with van der Waals surface area (Å²) in [5, 5.41) is 21.7. The largest absolute Gasteiger partial charge is 0.494 e. The second-order valence-electron chi connectivity index (χ2n) is 8.22. The zero-order valence-corrected chi connectivity index (χ0v) is 18.5. The van der Waals surface area contributed by atoms with E-state index < -0.39 is 24.4 Å². The van der Waals surface area contributed by atoms with E-state index in [9.17, 15) is 23.1 Å². The molecule has 1 aromatic carbocycles. The summed E-state index contributed by atoms with van der Waals surface area (Å²) >= 11 is 0. The maximum absolute atomic E-state index is 14.3. The summed E-state index contributed by atoms with van der Waals surface area (Å²) in [6.07, 6.45) is -4.94. The molecule has 1 aliphatic rings. The quantitative estimate of drug-likeness (QED) is 0.441. The van der Waals surface area contributed by atoms with Gasteiger partial charge in [0.15, 0.2) is 17.5 Å². The number of hydrogen-bond acceptors (Lipinski definition) is 6. The molecule has 0 spiro atoms. The number of amides is 1. The van der Waals surface area contributed by atoms with E-state index in [1.165, 1.54) is 29.8 Å². The highest BCUT2D eigenvalue weighted by molar-refractivity contribution is 5.86. The van der Waals surface area contributed by atoms with Crippen LogP contribution in [0.1, 0.15) is 18.0 Å². The van der Waals surface area contributed by atoms with E-state index in [2.05, 4.69) is 20.5 Å². The highest BCUT2D eigenvalue weighted by atomic mass is 19.4. The van der Waals surface area contributed by atoms with Crippen LogP contribution < -0.4 is 10.1 Å². The van der Waals surface area contributed by atoms with Crippen LogP contribution in [-0.2, 0) is 0 Å². The van der Waals surface area contributed by atoms with Gasteiger partial charge in [0.2, 0.25) is 0 Å². The molecule has 0 radical (unpaired) electrons. The Balaban J connectivity index is 1.64. The SMILES string of the molecule is COc1cccc2ccc(-c3nnc4ccc(C(N(C(=O)O)[C@H]5CCNC5)C(F)(F)F)cn34)nc12. The molecule has 1 aliphatic heterocycles. The van der Waals surface area contributed by atoms with E-state index in [4.69, 9.17) is 4.74 Å². The number of hydrogen-bond donors (Lipinski definition) is 2. The van der Waals surface area contributed by atoms with Crippen molar-refractivity contribution in [2.75, 3.05) is 20.2 Å². The number of benzene rings is 1. The van der Waals surface area contributed by atoms with Crippen LogP contribution in [0.3, 0.4) is 0 Å². The number of aromatic nitrogens is 4. The Labute approximate surface area is 197 Å². The Morgan fingerprint density at radius 1 is 1.23 bits per heavy atom. The van der Waals surface area contributed by atoms with Gasteiger partial charge in [-0.1, -0.05) is 24.3 Å². The first-order chi connectivity index (χ1) is 16.8. The van der Waals surface area contributed by atoms with Crippen LogP contribution in [0.25, 0.3) is 28.1 Å². The van der Waals surface area contributed by atoms with Gasteiger partial charge in [0.05, 0.1) is 7.11 Å². The van der Waals surface area contributed by atoms with E-state index >= 15 is 0 Å². The van der Waals surface area contributed by atoms with Gasteiger partial charge in [-0.3, -0.25) is 9.30 Å². The number of alkyl halides is 3. The number of methoxy groups -OCH3 is 1. The lowest BCUT2D eigenvalue weighted by Gasteiger charge is -2.35. The average Bonchev–Trinajstić information content (AvgIpc) is 3.50. The smallest absolute Gasteiger partial charge is 0.413 e. The number of carboxylic acid groups (broad SMARTS) is 1. The van der Waals surface area contributed by atoms with Crippen LogP contribution in [0.15, 0.2) is 48.7 Å². The van der Waals surface area contributed by atoms with Gasteiger partial charge in [-0.25, -0.2) is 9.78 Å². The lowest BCUT2D eigenvalue weighted by molar-refractivity contribution is -0.185. The average molecular weight is 486 g/mol. The zero-order valence-electron chi connectivity index (χ0n) is 18.5. The highest BCUT2D eigenvalue weighted by Crippen LogP contribution is 2.40. The summed E-state index contributed by atoms with van der Waals surface area (Å²) < 4.78 is 49.6. The number of ether oxygens (including phenoxy) is 1. The Kier molecular flexibility index (Phi) is 5.67. The third kappa shape index (κ3) is 4.09. The van der Waals surface area contributed by atoms with Crippen molar-refractivity contribution in [1.29, 1.82) is 0 Å². The van der Waals surface area contributed by atoms with Crippen LogP contribution in [0, 0.1) is 0 Å². The third-order valence-electron chi connectivity index (χ3n) is 6.11. The molecule has 182 valence electrons. The fourth-order valence-corrected chi connectivity index (χ4v) is 4.51. The molecule has 4 heterocycles. The van der Waals surface area contributed by atoms with Gasteiger partial charge in [-0.15, -0.1) is 10.2 Å². The van der Waals surface area contributed by atoms with Crippen molar-refractivity contribution in [3.05, 3.63) is 54.2 Å². The van der Waals surface area contributed by atoms with Crippen LogP contribution in [0.5, 0.6) is 5.75 Å². The lowest BCUT2D eigenvalue weighted by Crippen LogP contribution is -2.48. The molecular formula is C23H21F3N6O3. The topological polar surface area (TPSA) is 105 Å². The van der Waals surface area contributed by atoms with E-state index in [1.807, 2.05) is 18.2 Å². The van der Waals surface area contributed by atoms with Crippen molar-refractivity contribution in [2.45, 2.75) is 24.7 Å². The monoisotopic (exact) mass is 486 g/mol. The predicted molar refractivity (Wildman–Crippen MR) is 120 cm³/mol. The van der Waals surface area contributed by atoms with E-state index in [0.29, 0.717) is 40.5 Å². The van der Waals surface area contributed by atoms with Crippen LogP contribution >= 0.6 is 0 Å². The third-order valence-corrected chi connectivity index (χ3v) is 6.11. The molecule has 9 nitrogen and oxygen atoms in total. The second kappa shape index (κ2) is 8.69. The van der Waals surface area contributed by atoms with Gasteiger partial charge in [-0.2, -0.15) is 13.2 Å². The number of halogens is 3. The number of fused-ring (bicyclic) bond motifs is 2. The number of nitrogens with zero attached hydrogens (tertiary/aromatic N) is 5. The van der Waals surface area contributed by atoms with Crippen LogP contribution in [0.2, 0.25) is 0 Å². The molecule has 2 N–H and O–H groups in total. The molecule has 1 unspecified atom stereocenters. The molecule has 12 heteroatoms. The van der Waals surface area contributed by atoms with Gasteiger partial charge in [0.1, 0.15) is 17.0 Å². The van der Waals surface area contributed by atoms with Crippen LogP contribution in [0.4, 0.5) is 18.0 Å². The summed E-state index contributed by atoms with van der Waals surface area (Å²) in [5.74, 6) is 0.762. The van der Waals surface area contributed by atoms with Crippen molar-refractivity contribution in [2.24, 2.45) is 0 Å². The zero-order chi connectivity index (χ0) is 24.7. The van der Waals surface area contributed by atoms with Gasteiger partial charge in [-0.05, 0) is 31.2 Å². The van der Waals surface area contributed by atoms with E-state index in [1.54, 1.807) is 12.1 Å². The molecule has 0 saturated carbocycles. The number of nitrogens with one attached hydrogen (secondary N) is 1. The molecule has 5 rings (SSSR count). The first kappa shape index (κ1) is 22.8. The summed E-state index contributed by atoms with van der Waals surface area (Å²) in [4.78, 5) is 17.1.